The molecule has 2 rings (SSSR count). The smallest absolute Gasteiger partial charge is 0.330 e. The molecule has 9 heteroatoms. The van der Waals surface area contributed by atoms with Crippen LogP contribution in [-0.4, -0.2) is 45.9 Å². The van der Waals surface area contributed by atoms with Crippen LogP contribution < -0.4 is 20.1 Å². The maximum atomic E-state index is 5.60. The molecule has 2 heterocycles. The Morgan fingerprint density at radius 3 is 2.43 bits per heavy atom. The van der Waals surface area contributed by atoms with E-state index in [2.05, 4.69) is 25.1 Å². The first-order valence-electron chi connectivity index (χ1n) is 6.41. The van der Waals surface area contributed by atoms with Crippen molar-refractivity contribution in [3.05, 3.63) is 12.1 Å². The van der Waals surface area contributed by atoms with Crippen molar-refractivity contribution in [1.29, 1.82) is 0 Å². The van der Waals surface area contributed by atoms with Crippen LogP contribution in [0.4, 0.5) is 11.9 Å². The number of hydrogen-bond acceptors (Lipinski definition) is 9. The van der Waals surface area contributed by atoms with Gasteiger partial charge in [0.15, 0.2) is 0 Å². The monoisotopic (exact) mass is 291 g/mol. The molecule has 21 heavy (non-hydrogen) atoms. The lowest BCUT2D eigenvalue weighted by Crippen LogP contribution is -2.15. The van der Waals surface area contributed by atoms with Crippen LogP contribution in [0.5, 0.6) is 17.8 Å². The Morgan fingerprint density at radius 2 is 1.81 bits per heavy atom. The zero-order valence-electron chi connectivity index (χ0n) is 12.1. The van der Waals surface area contributed by atoms with Crippen LogP contribution in [0.3, 0.4) is 0 Å². The molecule has 0 radical (unpaired) electrons. The van der Waals surface area contributed by atoms with Gasteiger partial charge >= 0.3 is 6.01 Å². The van der Waals surface area contributed by atoms with E-state index in [4.69, 9.17) is 15.2 Å². The van der Waals surface area contributed by atoms with Gasteiger partial charge in [-0.2, -0.15) is 15.0 Å². The van der Waals surface area contributed by atoms with E-state index in [1.54, 1.807) is 31.1 Å². The number of nitrogen functional groups attached to an aromatic ring is 1. The molecular formula is C12H17N7O2. The molecule has 0 amide bonds. The number of aromatic nitrogens is 5. The van der Waals surface area contributed by atoms with Crippen molar-refractivity contribution in [3.63, 3.8) is 0 Å². The largest absolute Gasteiger partial charge is 0.477 e. The Labute approximate surface area is 122 Å². The van der Waals surface area contributed by atoms with Gasteiger partial charge < -0.3 is 20.1 Å². The van der Waals surface area contributed by atoms with Crippen molar-refractivity contribution in [2.45, 2.75) is 13.3 Å². The lowest BCUT2D eigenvalue weighted by atomic mass is 10.5. The maximum absolute atomic E-state index is 5.60. The fourth-order valence-corrected chi connectivity index (χ4v) is 1.35. The molecule has 0 fully saturated rings. The van der Waals surface area contributed by atoms with Gasteiger partial charge in [-0.25, -0.2) is 0 Å². The van der Waals surface area contributed by atoms with Gasteiger partial charge in [-0.05, 0) is 6.42 Å². The summed E-state index contributed by atoms with van der Waals surface area (Å²) in [6, 6.07) is 3.34. The van der Waals surface area contributed by atoms with E-state index in [0.29, 0.717) is 18.4 Å². The molecule has 0 spiro atoms. The molecule has 0 aliphatic heterocycles. The van der Waals surface area contributed by atoms with Crippen LogP contribution in [0.1, 0.15) is 13.3 Å². The summed E-state index contributed by atoms with van der Waals surface area (Å²) in [6.07, 6.45) is 0.900. The summed E-state index contributed by atoms with van der Waals surface area (Å²) in [7, 11) is 3.58. The SMILES string of the molecule is CCCOc1ccc(Oc2nc(N)nc(N(C)C)n2)nn1. The van der Waals surface area contributed by atoms with Gasteiger partial charge in [0.05, 0.1) is 6.61 Å². The predicted octanol–water partition coefficient (Wildman–Crippen LogP) is 0.891. The van der Waals surface area contributed by atoms with Gasteiger partial charge in [-0.1, -0.05) is 6.92 Å². The number of nitrogens with zero attached hydrogens (tertiary/aromatic N) is 6. The van der Waals surface area contributed by atoms with Crippen LogP contribution in [0.15, 0.2) is 12.1 Å². The van der Waals surface area contributed by atoms with Crippen molar-refractivity contribution in [2.75, 3.05) is 31.3 Å². The van der Waals surface area contributed by atoms with Crippen LogP contribution in [0.2, 0.25) is 0 Å². The zero-order valence-corrected chi connectivity index (χ0v) is 12.1. The van der Waals surface area contributed by atoms with E-state index in [1.807, 2.05) is 6.92 Å². The average molecular weight is 291 g/mol. The third-order valence-electron chi connectivity index (χ3n) is 2.29. The van der Waals surface area contributed by atoms with E-state index in [9.17, 15) is 0 Å². The second-order valence-electron chi connectivity index (χ2n) is 4.33. The van der Waals surface area contributed by atoms with E-state index in [-0.39, 0.29) is 17.8 Å². The quantitative estimate of drug-likeness (QED) is 0.828. The first-order valence-corrected chi connectivity index (χ1v) is 6.41. The number of hydrogen-bond donors (Lipinski definition) is 1. The molecule has 2 aromatic heterocycles. The molecule has 112 valence electrons. The van der Waals surface area contributed by atoms with Gasteiger partial charge in [0.25, 0.3) is 0 Å². The molecule has 0 saturated heterocycles. The topological polar surface area (TPSA) is 112 Å². The van der Waals surface area contributed by atoms with Crippen molar-refractivity contribution in [3.8, 4) is 17.8 Å². The van der Waals surface area contributed by atoms with Crippen molar-refractivity contribution in [1.82, 2.24) is 25.1 Å². The molecule has 0 atom stereocenters. The van der Waals surface area contributed by atoms with Gasteiger partial charge in [0, 0.05) is 26.2 Å². The molecule has 0 aromatic carbocycles. The van der Waals surface area contributed by atoms with E-state index < -0.39 is 0 Å². The normalized spacial score (nSPS) is 10.2. The molecular weight excluding hydrogens is 274 g/mol. The standard InChI is InChI=1S/C12H17N7O2/c1-4-7-20-8-5-6-9(18-17-8)21-12-15-10(13)14-11(16-12)19(2)3/h5-6H,4,7H2,1-3H3,(H2,13,14,15,16). The number of anilines is 2. The van der Waals surface area contributed by atoms with Crippen LogP contribution in [0, 0.1) is 0 Å². The van der Waals surface area contributed by atoms with Gasteiger partial charge in [0.1, 0.15) is 0 Å². The number of ether oxygens (including phenoxy) is 2. The fraction of sp³-hybridized carbons (Fsp3) is 0.417. The Hall–Kier alpha value is -2.71. The molecule has 0 saturated carbocycles. The highest BCUT2D eigenvalue weighted by Gasteiger charge is 2.09. The highest BCUT2D eigenvalue weighted by molar-refractivity contribution is 5.34. The third-order valence-corrected chi connectivity index (χ3v) is 2.29. The van der Waals surface area contributed by atoms with Gasteiger partial charge in [-0.3, -0.25) is 0 Å². The summed E-state index contributed by atoms with van der Waals surface area (Å²) < 4.78 is 10.7. The second-order valence-corrected chi connectivity index (χ2v) is 4.33. The lowest BCUT2D eigenvalue weighted by molar-refractivity contribution is 0.298. The highest BCUT2D eigenvalue weighted by Crippen LogP contribution is 2.18. The lowest BCUT2D eigenvalue weighted by Gasteiger charge is -2.11. The maximum Gasteiger partial charge on any atom is 0.330 e. The Bertz CT molecular complexity index is 589. The summed E-state index contributed by atoms with van der Waals surface area (Å²) in [5.41, 5.74) is 5.60. The minimum atomic E-state index is 0.0581. The van der Waals surface area contributed by atoms with E-state index in [1.165, 1.54) is 0 Å². The van der Waals surface area contributed by atoms with Crippen molar-refractivity contribution < 1.29 is 9.47 Å². The molecule has 0 aliphatic rings. The van der Waals surface area contributed by atoms with E-state index in [0.717, 1.165) is 6.42 Å². The van der Waals surface area contributed by atoms with E-state index >= 15 is 0 Å². The summed E-state index contributed by atoms with van der Waals surface area (Å²) in [5.74, 6) is 1.15. The molecule has 0 aliphatic carbocycles. The number of rotatable bonds is 6. The third kappa shape index (κ3) is 4.13. The molecule has 9 nitrogen and oxygen atoms in total. The minimum Gasteiger partial charge on any atom is -0.477 e. The average Bonchev–Trinajstić information content (AvgIpc) is 2.46. The first-order chi connectivity index (χ1) is 10.1. The van der Waals surface area contributed by atoms with Crippen molar-refractivity contribution in [2.24, 2.45) is 0 Å². The van der Waals surface area contributed by atoms with Gasteiger partial charge in [0.2, 0.25) is 23.7 Å². The second kappa shape index (κ2) is 6.64. The Morgan fingerprint density at radius 1 is 1.10 bits per heavy atom. The highest BCUT2D eigenvalue weighted by atomic mass is 16.5. The van der Waals surface area contributed by atoms with Crippen LogP contribution >= 0.6 is 0 Å². The summed E-state index contributed by atoms with van der Waals surface area (Å²) in [6.45, 7) is 2.60. The van der Waals surface area contributed by atoms with Crippen LogP contribution in [0.25, 0.3) is 0 Å². The fourth-order valence-electron chi connectivity index (χ4n) is 1.35. The molecule has 2 aromatic rings. The summed E-state index contributed by atoms with van der Waals surface area (Å²) >= 11 is 0. The Balaban J connectivity index is 2.10. The zero-order chi connectivity index (χ0) is 15.2. The molecule has 0 bridgehead atoms. The van der Waals surface area contributed by atoms with Crippen LogP contribution in [-0.2, 0) is 0 Å². The van der Waals surface area contributed by atoms with Crippen molar-refractivity contribution >= 4 is 11.9 Å². The number of nitrogens with two attached hydrogens (primary N) is 1. The summed E-state index contributed by atoms with van der Waals surface area (Å²) in [4.78, 5) is 13.7. The van der Waals surface area contributed by atoms with Gasteiger partial charge in [-0.15, -0.1) is 10.2 Å². The molecule has 0 unspecified atom stereocenters. The minimum absolute atomic E-state index is 0.0581. The molecule has 2 N–H and O–H groups in total. The summed E-state index contributed by atoms with van der Waals surface area (Å²) in [5, 5.41) is 7.76. The first kappa shape index (κ1) is 14.7. The Kier molecular flexibility index (Phi) is 4.64. The predicted molar refractivity (Wildman–Crippen MR) is 76.5 cm³/mol.